The fraction of sp³-hybridized carbons (Fsp3) is 0.333. The molecular weight excluding hydrogens is 314 g/mol. The summed E-state index contributed by atoms with van der Waals surface area (Å²) in [7, 11) is 0. The zero-order chi connectivity index (χ0) is 16.6. The molecule has 1 aliphatic heterocycles. The summed E-state index contributed by atoms with van der Waals surface area (Å²) in [5.41, 5.74) is 2.72. The number of carboxylic acids is 1. The predicted molar refractivity (Wildman–Crippen MR) is 88.3 cm³/mol. The Morgan fingerprint density at radius 2 is 1.91 bits per heavy atom. The number of hydrogen-bond donors (Lipinski definition) is 1. The third kappa shape index (κ3) is 2.91. The number of carboxylic acid groups (broad SMARTS) is 1. The normalized spacial score (nSPS) is 17.4. The SMILES string of the molecule is Cc1cc2n(c1C(=O)c1ccc(Cl)cc1)CCCCC2C(=O)O. The van der Waals surface area contributed by atoms with Crippen LogP contribution in [0.2, 0.25) is 5.02 Å². The van der Waals surface area contributed by atoms with Crippen LogP contribution >= 0.6 is 11.6 Å². The molecule has 0 radical (unpaired) electrons. The van der Waals surface area contributed by atoms with E-state index in [1.807, 2.05) is 17.6 Å². The number of hydrogen-bond acceptors (Lipinski definition) is 2. The lowest BCUT2D eigenvalue weighted by atomic mass is 9.99. The monoisotopic (exact) mass is 331 g/mol. The van der Waals surface area contributed by atoms with Gasteiger partial charge in [0.25, 0.3) is 0 Å². The number of carbonyl (C=O) groups excluding carboxylic acids is 1. The number of ketones is 1. The fourth-order valence-corrected chi connectivity index (χ4v) is 3.42. The van der Waals surface area contributed by atoms with Crippen molar-refractivity contribution < 1.29 is 14.7 Å². The number of aromatic nitrogens is 1. The quantitative estimate of drug-likeness (QED) is 0.864. The van der Waals surface area contributed by atoms with Crippen molar-refractivity contribution in [3.05, 3.63) is 57.9 Å². The second kappa shape index (κ2) is 6.20. The van der Waals surface area contributed by atoms with E-state index in [9.17, 15) is 14.7 Å². The second-order valence-electron chi connectivity index (χ2n) is 5.98. The summed E-state index contributed by atoms with van der Waals surface area (Å²) in [4.78, 5) is 24.4. The molecule has 23 heavy (non-hydrogen) atoms. The van der Waals surface area contributed by atoms with Crippen molar-refractivity contribution in [1.82, 2.24) is 4.57 Å². The van der Waals surface area contributed by atoms with Gasteiger partial charge >= 0.3 is 5.97 Å². The van der Waals surface area contributed by atoms with Crippen LogP contribution < -0.4 is 0 Å². The van der Waals surface area contributed by atoms with Crippen LogP contribution in [0.5, 0.6) is 0 Å². The summed E-state index contributed by atoms with van der Waals surface area (Å²) in [5, 5.41) is 10.1. The van der Waals surface area contributed by atoms with Crippen LogP contribution in [0, 0.1) is 6.92 Å². The van der Waals surface area contributed by atoms with E-state index >= 15 is 0 Å². The van der Waals surface area contributed by atoms with Gasteiger partial charge in [0.15, 0.2) is 0 Å². The van der Waals surface area contributed by atoms with Crippen molar-refractivity contribution in [1.29, 1.82) is 0 Å². The van der Waals surface area contributed by atoms with Gasteiger partial charge in [-0.15, -0.1) is 0 Å². The van der Waals surface area contributed by atoms with E-state index in [-0.39, 0.29) is 5.78 Å². The number of aliphatic carboxylic acids is 1. The molecule has 0 bridgehead atoms. The molecule has 0 saturated heterocycles. The molecule has 2 heterocycles. The summed E-state index contributed by atoms with van der Waals surface area (Å²) in [6.45, 7) is 2.55. The van der Waals surface area contributed by atoms with Crippen molar-refractivity contribution in [2.24, 2.45) is 0 Å². The standard InChI is InChI=1S/C18H18ClNO3/c1-11-10-15-14(18(22)23)4-2-3-9-20(15)16(11)17(21)12-5-7-13(19)8-6-12/h5-8,10,14H,2-4,9H2,1H3,(H,22,23). The number of carbonyl (C=O) groups is 2. The van der Waals surface area contributed by atoms with E-state index in [2.05, 4.69) is 0 Å². The first-order chi connectivity index (χ1) is 11.0. The molecule has 0 fully saturated rings. The van der Waals surface area contributed by atoms with E-state index < -0.39 is 11.9 Å². The van der Waals surface area contributed by atoms with Gasteiger partial charge in [-0.25, -0.2) is 0 Å². The molecule has 0 saturated carbocycles. The summed E-state index contributed by atoms with van der Waals surface area (Å²) in [6, 6.07) is 8.64. The minimum Gasteiger partial charge on any atom is -0.481 e. The van der Waals surface area contributed by atoms with Crippen LogP contribution in [0.3, 0.4) is 0 Å². The number of fused-ring (bicyclic) bond motifs is 1. The lowest BCUT2D eigenvalue weighted by molar-refractivity contribution is -0.139. The maximum absolute atomic E-state index is 12.9. The minimum absolute atomic E-state index is 0.0866. The summed E-state index contributed by atoms with van der Waals surface area (Å²) >= 11 is 5.88. The van der Waals surface area contributed by atoms with Gasteiger partial charge in [0, 0.05) is 22.8 Å². The highest BCUT2D eigenvalue weighted by atomic mass is 35.5. The molecule has 1 unspecified atom stereocenters. The van der Waals surface area contributed by atoms with Gasteiger partial charge in [0.1, 0.15) is 0 Å². The minimum atomic E-state index is -0.823. The van der Waals surface area contributed by atoms with E-state index in [1.165, 1.54) is 0 Å². The Morgan fingerprint density at radius 3 is 2.57 bits per heavy atom. The van der Waals surface area contributed by atoms with Crippen molar-refractivity contribution in [2.75, 3.05) is 0 Å². The maximum atomic E-state index is 12.9. The Labute approximate surface area is 139 Å². The zero-order valence-electron chi connectivity index (χ0n) is 12.9. The molecule has 0 amide bonds. The largest absolute Gasteiger partial charge is 0.481 e. The molecule has 1 aliphatic rings. The average molecular weight is 332 g/mol. The van der Waals surface area contributed by atoms with Crippen LogP contribution in [0.4, 0.5) is 0 Å². The molecule has 3 rings (SSSR count). The van der Waals surface area contributed by atoms with Gasteiger partial charge in [0.2, 0.25) is 5.78 Å². The Bertz CT molecular complexity index is 761. The highest BCUT2D eigenvalue weighted by Gasteiger charge is 2.29. The molecule has 1 aromatic carbocycles. The average Bonchev–Trinajstić information content (AvgIpc) is 2.69. The van der Waals surface area contributed by atoms with Gasteiger partial charge in [-0.05, 0) is 55.7 Å². The van der Waals surface area contributed by atoms with Crippen LogP contribution in [-0.2, 0) is 11.3 Å². The Hall–Kier alpha value is -2.07. The van der Waals surface area contributed by atoms with Crippen LogP contribution in [-0.4, -0.2) is 21.4 Å². The smallest absolute Gasteiger partial charge is 0.312 e. The van der Waals surface area contributed by atoms with E-state index in [1.54, 1.807) is 24.3 Å². The third-order valence-corrected chi connectivity index (χ3v) is 4.67. The van der Waals surface area contributed by atoms with Crippen molar-refractivity contribution >= 4 is 23.4 Å². The molecule has 120 valence electrons. The highest BCUT2D eigenvalue weighted by Crippen LogP contribution is 2.32. The topological polar surface area (TPSA) is 59.3 Å². The molecule has 0 spiro atoms. The number of nitrogens with zero attached hydrogens (tertiary/aromatic N) is 1. The lowest BCUT2D eigenvalue weighted by Crippen LogP contribution is -2.17. The third-order valence-electron chi connectivity index (χ3n) is 4.42. The molecular formula is C18H18ClNO3. The van der Waals surface area contributed by atoms with E-state index in [0.717, 1.165) is 24.1 Å². The Balaban J connectivity index is 2.08. The van der Waals surface area contributed by atoms with Crippen molar-refractivity contribution in [3.8, 4) is 0 Å². The van der Waals surface area contributed by atoms with Gasteiger partial charge in [-0.3, -0.25) is 9.59 Å². The second-order valence-corrected chi connectivity index (χ2v) is 6.41. The molecule has 1 N–H and O–H groups in total. The van der Waals surface area contributed by atoms with Gasteiger partial charge in [-0.2, -0.15) is 0 Å². The number of aryl methyl sites for hydroxylation is 1. The Kier molecular flexibility index (Phi) is 4.26. The number of benzene rings is 1. The maximum Gasteiger partial charge on any atom is 0.312 e. The first-order valence-electron chi connectivity index (χ1n) is 7.72. The fourth-order valence-electron chi connectivity index (χ4n) is 3.30. The van der Waals surface area contributed by atoms with E-state index in [0.29, 0.717) is 29.2 Å². The first kappa shape index (κ1) is 15.8. The predicted octanol–water partition coefficient (Wildman–Crippen LogP) is 4.03. The molecule has 1 aromatic heterocycles. The first-order valence-corrected chi connectivity index (χ1v) is 8.10. The molecule has 1 atom stereocenters. The Morgan fingerprint density at radius 1 is 1.22 bits per heavy atom. The lowest BCUT2D eigenvalue weighted by Gasteiger charge is -2.13. The van der Waals surface area contributed by atoms with Crippen LogP contribution in [0.25, 0.3) is 0 Å². The van der Waals surface area contributed by atoms with Crippen LogP contribution in [0.1, 0.15) is 52.5 Å². The summed E-state index contributed by atoms with van der Waals surface area (Å²) in [5.74, 6) is -1.45. The summed E-state index contributed by atoms with van der Waals surface area (Å²) in [6.07, 6.45) is 2.35. The summed E-state index contributed by atoms with van der Waals surface area (Å²) < 4.78 is 1.90. The molecule has 4 nitrogen and oxygen atoms in total. The number of halogens is 1. The molecule has 0 aliphatic carbocycles. The zero-order valence-corrected chi connectivity index (χ0v) is 13.6. The van der Waals surface area contributed by atoms with Gasteiger partial charge < -0.3 is 9.67 Å². The highest BCUT2D eigenvalue weighted by molar-refractivity contribution is 6.30. The molecule has 5 heteroatoms. The van der Waals surface area contributed by atoms with Crippen molar-refractivity contribution in [3.63, 3.8) is 0 Å². The van der Waals surface area contributed by atoms with Gasteiger partial charge in [-0.1, -0.05) is 18.0 Å². The van der Waals surface area contributed by atoms with Crippen LogP contribution in [0.15, 0.2) is 30.3 Å². The van der Waals surface area contributed by atoms with E-state index in [4.69, 9.17) is 11.6 Å². The van der Waals surface area contributed by atoms with Gasteiger partial charge in [0.05, 0.1) is 11.6 Å². The number of rotatable bonds is 3. The molecule has 2 aromatic rings. The van der Waals surface area contributed by atoms with Crippen molar-refractivity contribution in [2.45, 2.75) is 38.6 Å².